The first-order valence-corrected chi connectivity index (χ1v) is 5.53. The average Bonchev–Trinajstić information content (AvgIpc) is 2.05. The van der Waals surface area contributed by atoms with Gasteiger partial charge in [0.05, 0.1) is 16.8 Å². The van der Waals surface area contributed by atoms with Crippen molar-refractivity contribution in [1.82, 2.24) is 5.32 Å². The molecule has 1 heterocycles. The second-order valence-electron chi connectivity index (χ2n) is 2.49. The maximum absolute atomic E-state index is 11.7. The van der Waals surface area contributed by atoms with Crippen molar-refractivity contribution in [1.29, 1.82) is 0 Å². The van der Waals surface area contributed by atoms with E-state index in [1.807, 2.05) is 0 Å². The van der Waals surface area contributed by atoms with E-state index in [1.54, 1.807) is 0 Å². The van der Waals surface area contributed by atoms with Gasteiger partial charge in [0.1, 0.15) is 0 Å². The molecule has 1 fully saturated rings. The van der Waals surface area contributed by atoms with E-state index in [1.165, 1.54) is 7.11 Å². The van der Waals surface area contributed by atoms with E-state index in [0.717, 1.165) is 0 Å². The Kier molecular flexibility index (Phi) is 3.05. The van der Waals surface area contributed by atoms with E-state index in [2.05, 4.69) is 14.4 Å². The van der Waals surface area contributed by atoms with Crippen molar-refractivity contribution in [2.75, 3.05) is 31.7 Å². The van der Waals surface area contributed by atoms with Crippen LogP contribution in [0.25, 0.3) is 0 Å². The van der Waals surface area contributed by atoms with E-state index in [-0.39, 0.29) is 0 Å². The third-order valence-electron chi connectivity index (χ3n) is 1.61. The molecule has 0 radical (unpaired) electrons. The number of rotatable bonds is 0. The molecule has 5 nitrogen and oxygen atoms in total. The fraction of sp³-hybridized carbons (Fsp3) is 0.833. The number of amides is 1. The second-order valence-corrected chi connectivity index (χ2v) is 5.04. The molecule has 12 heavy (non-hydrogen) atoms. The van der Waals surface area contributed by atoms with Gasteiger partial charge in [-0.15, -0.1) is 4.36 Å². The average molecular weight is 192 g/mol. The molecule has 0 spiro atoms. The van der Waals surface area contributed by atoms with Gasteiger partial charge in [-0.3, -0.25) is 0 Å². The van der Waals surface area contributed by atoms with Crippen LogP contribution in [0.5, 0.6) is 0 Å². The number of nitrogens with one attached hydrogen (secondary N) is 1. The highest BCUT2D eigenvalue weighted by atomic mass is 32.2. The number of nitrogens with zero attached hydrogens (tertiary/aromatic N) is 1. The van der Waals surface area contributed by atoms with E-state index < -0.39 is 15.8 Å². The minimum absolute atomic E-state index is 0.433. The molecule has 0 aromatic rings. The van der Waals surface area contributed by atoms with E-state index in [9.17, 15) is 9.00 Å². The number of hydrogen-bond acceptors (Lipinski definition) is 4. The van der Waals surface area contributed by atoms with Gasteiger partial charge in [-0.2, -0.15) is 0 Å². The smallest absolute Gasteiger partial charge is 0.441 e. The highest BCUT2D eigenvalue weighted by Crippen LogP contribution is 2.01. The largest absolute Gasteiger partial charge is 0.451 e. The van der Waals surface area contributed by atoms with Gasteiger partial charge in [0.15, 0.2) is 0 Å². The van der Waals surface area contributed by atoms with Gasteiger partial charge in [-0.25, -0.2) is 9.00 Å². The van der Waals surface area contributed by atoms with Crippen LogP contribution in [-0.4, -0.2) is 42.0 Å². The molecule has 0 saturated carbocycles. The summed E-state index contributed by atoms with van der Waals surface area (Å²) in [6, 6.07) is 0. The van der Waals surface area contributed by atoms with Crippen LogP contribution in [0.3, 0.4) is 0 Å². The lowest BCUT2D eigenvalue weighted by atomic mass is 10.6. The minimum Gasteiger partial charge on any atom is -0.451 e. The zero-order valence-electron chi connectivity index (χ0n) is 6.91. The third kappa shape index (κ3) is 2.46. The predicted molar refractivity (Wildman–Crippen MR) is 45.6 cm³/mol. The van der Waals surface area contributed by atoms with Crippen molar-refractivity contribution in [3.05, 3.63) is 0 Å². The van der Waals surface area contributed by atoms with Crippen LogP contribution in [0.1, 0.15) is 0 Å². The Labute approximate surface area is 71.7 Å². The number of carbonyl (C=O) groups excluding carboxylic acids is 1. The molecule has 0 aromatic heterocycles. The van der Waals surface area contributed by atoms with Gasteiger partial charge in [0.2, 0.25) is 0 Å². The Morgan fingerprint density at radius 1 is 1.50 bits per heavy atom. The van der Waals surface area contributed by atoms with Crippen molar-refractivity contribution < 1.29 is 13.7 Å². The maximum Gasteiger partial charge on any atom is 0.441 e. The summed E-state index contributed by atoms with van der Waals surface area (Å²) in [5, 5.41) is 3.04. The lowest BCUT2D eigenvalue weighted by Gasteiger charge is -2.15. The predicted octanol–water partition coefficient (Wildman–Crippen LogP) is -0.176. The van der Waals surface area contributed by atoms with E-state index in [4.69, 9.17) is 0 Å². The normalized spacial score (nSPS) is 21.4. The van der Waals surface area contributed by atoms with Crippen LogP contribution in [0.15, 0.2) is 4.36 Å². The Bertz CT molecular complexity index is 269. The molecule has 1 aliphatic heterocycles. The highest BCUT2D eigenvalue weighted by molar-refractivity contribution is 7.93. The molecule has 1 saturated heterocycles. The molecule has 0 bridgehead atoms. The first-order chi connectivity index (χ1) is 5.66. The molecule has 1 N–H and O–H groups in total. The van der Waals surface area contributed by atoms with Crippen molar-refractivity contribution in [2.24, 2.45) is 4.36 Å². The van der Waals surface area contributed by atoms with Crippen LogP contribution in [0.4, 0.5) is 4.79 Å². The monoisotopic (exact) mass is 192 g/mol. The fourth-order valence-corrected chi connectivity index (χ4v) is 2.61. The number of hydrogen-bond donors (Lipinski definition) is 1. The van der Waals surface area contributed by atoms with Crippen LogP contribution < -0.4 is 5.32 Å². The molecule has 1 amide bonds. The summed E-state index contributed by atoms with van der Waals surface area (Å²) in [6.07, 6.45) is -0.734. The second kappa shape index (κ2) is 3.86. The molecule has 0 atom stereocenters. The summed E-state index contributed by atoms with van der Waals surface area (Å²) < 4.78 is 19.5. The van der Waals surface area contributed by atoms with Crippen molar-refractivity contribution >= 4 is 15.8 Å². The van der Waals surface area contributed by atoms with E-state index >= 15 is 0 Å². The highest BCUT2D eigenvalue weighted by Gasteiger charge is 2.15. The maximum atomic E-state index is 11.7. The zero-order chi connectivity index (χ0) is 9.03. The van der Waals surface area contributed by atoms with Gasteiger partial charge >= 0.3 is 6.09 Å². The number of carbonyl (C=O) groups is 1. The van der Waals surface area contributed by atoms with Crippen LogP contribution in [0.2, 0.25) is 0 Å². The van der Waals surface area contributed by atoms with Crippen LogP contribution in [-0.2, 0) is 14.5 Å². The molecular weight excluding hydrogens is 180 g/mol. The summed E-state index contributed by atoms with van der Waals surface area (Å²) in [5.74, 6) is 0.865. The molecule has 1 aliphatic rings. The van der Waals surface area contributed by atoms with Gasteiger partial charge in [0, 0.05) is 24.6 Å². The minimum atomic E-state index is -2.31. The topological polar surface area (TPSA) is 67.8 Å². The first-order valence-electron chi connectivity index (χ1n) is 3.67. The Balaban J connectivity index is 2.75. The van der Waals surface area contributed by atoms with E-state index in [0.29, 0.717) is 24.6 Å². The summed E-state index contributed by atoms with van der Waals surface area (Å²) in [4.78, 5) is 10.7. The van der Waals surface area contributed by atoms with Crippen molar-refractivity contribution in [2.45, 2.75) is 0 Å². The standard InChI is InChI=1S/C6H12N2O3S/c1-11-6(9)8-12(10)4-2-7-3-5-12/h7H,2-5H2,1H3. The molecule has 70 valence electrons. The molecule has 0 aromatic carbocycles. The third-order valence-corrected chi connectivity index (χ3v) is 3.78. The van der Waals surface area contributed by atoms with Gasteiger partial charge in [-0.1, -0.05) is 0 Å². The van der Waals surface area contributed by atoms with Crippen LogP contribution in [0, 0.1) is 0 Å². The summed E-state index contributed by atoms with van der Waals surface area (Å²) in [6.45, 7) is 1.30. The van der Waals surface area contributed by atoms with Gasteiger partial charge in [0.25, 0.3) is 0 Å². The van der Waals surface area contributed by atoms with Gasteiger partial charge in [-0.05, 0) is 0 Å². The van der Waals surface area contributed by atoms with Crippen molar-refractivity contribution in [3.8, 4) is 0 Å². The summed E-state index contributed by atoms with van der Waals surface area (Å²) >= 11 is 0. The number of ether oxygens (including phenoxy) is 1. The Hall–Kier alpha value is -0.620. The van der Waals surface area contributed by atoms with Crippen molar-refractivity contribution in [3.63, 3.8) is 0 Å². The fourth-order valence-electron chi connectivity index (χ4n) is 0.955. The van der Waals surface area contributed by atoms with Crippen LogP contribution >= 0.6 is 0 Å². The summed E-state index contributed by atoms with van der Waals surface area (Å²) in [7, 11) is -1.08. The quantitative estimate of drug-likeness (QED) is 0.578. The molecular formula is C6H12N2O3S. The lowest BCUT2D eigenvalue weighted by Crippen LogP contribution is -2.36. The zero-order valence-corrected chi connectivity index (χ0v) is 7.73. The Morgan fingerprint density at radius 2 is 2.08 bits per heavy atom. The SMILES string of the molecule is COC(=O)N=S1(=O)CCNCC1. The molecule has 0 unspecified atom stereocenters. The lowest BCUT2D eigenvalue weighted by molar-refractivity contribution is 0.183. The van der Waals surface area contributed by atoms with Gasteiger partial charge < -0.3 is 10.1 Å². The summed E-state index contributed by atoms with van der Waals surface area (Å²) in [5.41, 5.74) is 0. The first kappa shape index (κ1) is 9.47. The molecule has 0 aliphatic carbocycles. The molecule has 6 heteroatoms. The molecule has 1 rings (SSSR count). The number of methoxy groups -OCH3 is 1. The Morgan fingerprint density at radius 3 is 2.58 bits per heavy atom.